The summed E-state index contributed by atoms with van der Waals surface area (Å²) in [6.07, 6.45) is -3.20. The molecule has 0 bridgehead atoms. The van der Waals surface area contributed by atoms with Crippen molar-refractivity contribution in [2.45, 2.75) is 95.2 Å². The van der Waals surface area contributed by atoms with Gasteiger partial charge in [-0.15, -0.1) is 0 Å². The summed E-state index contributed by atoms with van der Waals surface area (Å²) in [4.78, 5) is 3.00. The molecule has 2 N–H and O–H groups in total. The number of aliphatic hydroxyl groups excluding tert-OH is 1. The lowest BCUT2D eigenvalue weighted by atomic mass is 9.87. The van der Waals surface area contributed by atoms with Gasteiger partial charge in [0, 0.05) is 4.91 Å². The highest BCUT2D eigenvalue weighted by atomic mass is 28.2. The Bertz CT molecular complexity index is 1050. The SMILES string of the molecule is CC(C)C(C)(C)[Si][C@@]1(O)O[C@H](C(C)(C)OCc2ccccc2)[C@@H](O)[C@H](OCc2ccccc2)[C@H]1N=[N+]=[N-]. The van der Waals surface area contributed by atoms with Gasteiger partial charge in [0.1, 0.15) is 27.8 Å². The molecular formula is C28H39N3O5Si. The van der Waals surface area contributed by atoms with Gasteiger partial charge in [0.25, 0.3) is 0 Å². The van der Waals surface area contributed by atoms with Gasteiger partial charge in [0.15, 0.2) is 5.41 Å². The number of ether oxygens (including phenoxy) is 3. The van der Waals surface area contributed by atoms with Crippen molar-refractivity contribution >= 4 is 9.52 Å². The Hall–Kier alpha value is -2.23. The summed E-state index contributed by atoms with van der Waals surface area (Å²) in [5.74, 6) is 0.210. The molecule has 0 aliphatic carbocycles. The molecule has 8 nitrogen and oxygen atoms in total. The van der Waals surface area contributed by atoms with Gasteiger partial charge in [0.2, 0.25) is 0 Å². The maximum Gasteiger partial charge on any atom is 0.156 e. The predicted octanol–water partition coefficient (Wildman–Crippen LogP) is 5.21. The lowest BCUT2D eigenvalue weighted by molar-refractivity contribution is -0.313. The second kappa shape index (κ2) is 12.1. The molecule has 1 aliphatic rings. The van der Waals surface area contributed by atoms with Crippen molar-refractivity contribution in [1.29, 1.82) is 0 Å². The smallest absolute Gasteiger partial charge is 0.156 e. The fraction of sp³-hybridized carbons (Fsp3) is 0.571. The topological polar surface area (TPSA) is 117 Å². The highest BCUT2D eigenvalue weighted by molar-refractivity contribution is 6.43. The lowest BCUT2D eigenvalue weighted by Gasteiger charge is -2.53. The van der Waals surface area contributed by atoms with Crippen LogP contribution in [0.25, 0.3) is 10.4 Å². The van der Waals surface area contributed by atoms with E-state index in [-0.39, 0.29) is 27.1 Å². The van der Waals surface area contributed by atoms with E-state index >= 15 is 0 Å². The number of hydrogen-bond donors (Lipinski definition) is 2. The van der Waals surface area contributed by atoms with Gasteiger partial charge in [-0.05, 0) is 41.5 Å². The first-order chi connectivity index (χ1) is 17.4. The summed E-state index contributed by atoms with van der Waals surface area (Å²) >= 11 is 0. The first-order valence-electron chi connectivity index (χ1n) is 12.6. The first kappa shape index (κ1) is 29.3. The molecule has 2 aromatic carbocycles. The summed E-state index contributed by atoms with van der Waals surface area (Å²) in [7, 11) is -0.160. The molecule has 0 aromatic heterocycles. The molecule has 0 saturated carbocycles. The maximum absolute atomic E-state index is 12.0. The minimum Gasteiger partial charge on any atom is -0.388 e. The van der Waals surface area contributed by atoms with E-state index in [2.05, 4.69) is 23.9 Å². The molecular weight excluding hydrogens is 486 g/mol. The Labute approximate surface area is 222 Å². The zero-order chi connectivity index (χ0) is 27.3. The molecule has 0 spiro atoms. The summed E-state index contributed by atoms with van der Waals surface area (Å²) < 4.78 is 18.8. The van der Waals surface area contributed by atoms with E-state index in [4.69, 9.17) is 14.2 Å². The van der Waals surface area contributed by atoms with Gasteiger partial charge in [-0.2, -0.15) is 0 Å². The van der Waals surface area contributed by atoms with Crippen LogP contribution < -0.4 is 0 Å². The largest absolute Gasteiger partial charge is 0.388 e. The number of hydrogen-bond acceptors (Lipinski definition) is 6. The lowest BCUT2D eigenvalue weighted by Crippen LogP contribution is -2.71. The standard InChI is InChI=1S/C28H39N3O5Si/c1-19(2)27(5,6)37-28(33)24(30-31-29)23(34-17-20-13-9-7-10-14-20)22(32)25(36-28)26(3,4)35-18-21-15-11-8-12-16-21/h7-16,19,22-25,32-33H,17-18H2,1-6H3/t22-,23-,24+,25-,28-/m0/s1. The van der Waals surface area contributed by atoms with Gasteiger partial charge < -0.3 is 24.4 Å². The van der Waals surface area contributed by atoms with Gasteiger partial charge in [-0.3, -0.25) is 0 Å². The van der Waals surface area contributed by atoms with Gasteiger partial charge in [-0.1, -0.05) is 93.5 Å². The predicted molar refractivity (Wildman–Crippen MR) is 144 cm³/mol. The summed E-state index contributed by atoms with van der Waals surface area (Å²) in [5.41, 5.74) is 8.41. The molecule has 0 amide bonds. The van der Waals surface area contributed by atoms with E-state index in [9.17, 15) is 15.7 Å². The van der Waals surface area contributed by atoms with Crippen molar-refractivity contribution < 1.29 is 24.4 Å². The summed E-state index contributed by atoms with van der Waals surface area (Å²) in [6, 6.07) is 18.1. The Balaban J connectivity index is 1.96. The molecule has 1 saturated heterocycles. The third-order valence-electron chi connectivity index (χ3n) is 7.21. The fourth-order valence-electron chi connectivity index (χ4n) is 4.26. The van der Waals surface area contributed by atoms with Gasteiger partial charge in [0.05, 0.1) is 24.9 Å². The van der Waals surface area contributed by atoms with Crippen molar-refractivity contribution in [3.8, 4) is 0 Å². The zero-order valence-electron chi connectivity index (χ0n) is 22.5. The molecule has 37 heavy (non-hydrogen) atoms. The average Bonchev–Trinajstić information content (AvgIpc) is 2.85. The van der Waals surface area contributed by atoms with E-state index in [0.717, 1.165) is 11.1 Å². The van der Waals surface area contributed by atoms with Crippen LogP contribution in [0, 0.1) is 5.92 Å². The number of azide groups is 1. The van der Waals surface area contributed by atoms with Crippen LogP contribution in [0.2, 0.25) is 5.04 Å². The van der Waals surface area contributed by atoms with Gasteiger partial charge >= 0.3 is 0 Å². The van der Waals surface area contributed by atoms with E-state index < -0.39 is 35.4 Å². The Morgan fingerprint density at radius 1 is 1.03 bits per heavy atom. The van der Waals surface area contributed by atoms with Crippen molar-refractivity contribution in [3.05, 3.63) is 82.2 Å². The normalized spacial score (nSPS) is 26.6. The van der Waals surface area contributed by atoms with Crippen molar-refractivity contribution in [2.75, 3.05) is 0 Å². The van der Waals surface area contributed by atoms with Crippen LogP contribution in [0.4, 0.5) is 0 Å². The van der Waals surface area contributed by atoms with Crippen molar-refractivity contribution in [1.82, 2.24) is 0 Å². The van der Waals surface area contributed by atoms with E-state index in [1.807, 2.05) is 88.4 Å². The first-order valence-corrected chi connectivity index (χ1v) is 13.6. The molecule has 1 aliphatic heterocycles. The molecule has 2 aromatic rings. The summed E-state index contributed by atoms with van der Waals surface area (Å²) in [6.45, 7) is 12.3. The monoisotopic (exact) mass is 525 g/mol. The van der Waals surface area contributed by atoms with E-state index in [1.54, 1.807) is 0 Å². The van der Waals surface area contributed by atoms with Crippen LogP contribution in [0.1, 0.15) is 52.7 Å². The number of rotatable bonds is 11. The minimum atomic E-state index is -1.86. The average molecular weight is 526 g/mol. The Morgan fingerprint density at radius 2 is 1.57 bits per heavy atom. The minimum absolute atomic E-state index is 0.160. The van der Waals surface area contributed by atoms with Crippen LogP contribution in [-0.2, 0) is 27.4 Å². The van der Waals surface area contributed by atoms with Crippen molar-refractivity contribution in [3.63, 3.8) is 0 Å². The quantitative estimate of drug-likeness (QED) is 0.181. The molecule has 2 radical (unpaired) electrons. The highest BCUT2D eigenvalue weighted by Crippen LogP contribution is 2.43. The third kappa shape index (κ3) is 7.21. The molecule has 5 atom stereocenters. The number of aliphatic hydroxyl groups is 2. The fourth-order valence-corrected chi connectivity index (χ4v) is 6.03. The van der Waals surface area contributed by atoms with E-state index in [1.165, 1.54) is 0 Å². The molecule has 3 rings (SSSR count). The summed E-state index contributed by atoms with van der Waals surface area (Å²) in [5, 5.41) is 27.2. The highest BCUT2D eigenvalue weighted by Gasteiger charge is 2.59. The second-order valence-corrected chi connectivity index (χ2v) is 13.3. The Kier molecular flexibility index (Phi) is 9.58. The van der Waals surface area contributed by atoms with Crippen LogP contribution in [0.5, 0.6) is 0 Å². The maximum atomic E-state index is 12.0. The van der Waals surface area contributed by atoms with Crippen LogP contribution in [0.15, 0.2) is 65.8 Å². The Morgan fingerprint density at radius 3 is 2.08 bits per heavy atom. The molecule has 1 fully saturated rings. The number of nitrogens with zero attached hydrogens (tertiary/aromatic N) is 3. The zero-order valence-corrected chi connectivity index (χ0v) is 23.5. The molecule has 200 valence electrons. The number of benzene rings is 2. The van der Waals surface area contributed by atoms with Crippen LogP contribution in [-0.4, -0.2) is 55.1 Å². The van der Waals surface area contributed by atoms with Gasteiger partial charge in [-0.25, -0.2) is 0 Å². The second-order valence-electron chi connectivity index (χ2n) is 11.0. The van der Waals surface area contributed by atoms with Crippen LogP contribution in [0.3, 0.4) is 0 Å². The van der Waals surface area contributed by atoms with Crippen molar-refractivity contribution in [2.24, 2.45) is 11.0 Å². The van der Waals surface area contributed by atoms with Crippen LogP contribution >= 0.6 is 0 Å². The third-order valence-corrected chi connectivity index (χ3v) is 9.20. The van der Waals surface area contributed by atoms with E-state index in [0.29, 0.717) is 6.61 Å². The molecule has 0 unspecified atom stereocenters. The molecule has 9 heteroatoms. The molecule has 1 heterocycles.